The molecule has 2 aromatic rings. The van der Waals surface area contributed by atoms with E-state index < -0.39 is 16.0 Å². The molecular weight excluding hydrogens is 323 g/mol. The summed E-state index contributed by atoms with van der Waals surface area (Å²) in [6.07, 6.45) is 0. The van der Waals surface area contributed by atoms with E-state index in [1.807, 2.05) is 0 Å². The molecule has 0 fully saturated rings. The van der Waals surface area contributed by atoms with E-state index in [1.165, 1.54) is 18.2 Å². The first-order chi connectivity index (χ1) is 8.49. The molecule has 18 heavy (non-hydrogen) atoms. The second-order valence-corrected chi connectivity index (χ2v) is 5.89. The van der Waals surface area contributed by atoms with Crippen molar-refractivity contribution in [1.29, 1.82) is 0 Å². The lowest BCUT2D eigenvalue weighted by molar-refractivity contribution is 0.584. The second-order valence-electron chi connectivity index (χ2n) is 3.38. The maximum absolute atomic E-state index is 12.9. The van der Waals surface area contributed by atoms with Crippen molar-refractivity contribution in [3.8, 4) is 0 Å². The predicted octanol–water partition coefficient (Wildman–Crippen LogP) is 2.78. The van der Waals surface area contributed by atoms with Gasteiger partial charge in [0, 0.05) is 4.47 Å². The average molecular weight is 331 g/mol. The van der Waals surface area contributed by atoms with Crippen molar-refractivity contribution in [2.45, 2.75) is 4.90 Å². The minimum atomic E-state index is -3.79. The highest BCUT2D eigenvalue weighted by Crippen LogP contribution is 2.23. The molecule has 2 rings (SSSR count). The van der Waals surface area contributed by atoms with Crippen LogP contribution in [0.3, 0.4) is 0 Å². The number of hydrogen-bond acceptors (Lipinski definition) is 3. The quantitative estimate of drug-likeness (QED) is 0.880. The molecule has 0 unspecified atom stereocenters. The first-order valence-electron chi connectivity index (χ1n) is 4.89. The van der Waals surface area contributed by atoms with E-state index in [9.17, 15) is 12.8 Å². The monoisotopic (exact) mass is 330 g/mol. The number of pyridine rings is 1. The van der Waals surface area contributed by atoms with Gasteiger partial charge in [-0.1, -0.05) is 18.2 Å². The Bertz CT molecular complexity index is 676. The molecule has 1 N–H and O–H groups in total. The first-order valence-corrected chi connectivity index (χ1v) is 7.16. The summed E-state index contributed by atoms with van der Waals surface area (Å²) in [5.74, 6) is -0.812. The lowest BCUT2D eigenvalue weighted by Gasteiger charge is -2.08. The van der Waals surface area contributed by atoms with Crippen molar-refractivity contribution in [1.82, 2.24) is 4.98 Å². The van der Waals surface area contributed by atoms with Crippen LogP contribution in [0.4, 0.5) is 10.2 Å². The molecule has 94 valence electrons. The summed E-state index contributed by atoms with van der Waals surface area (Å²) < 4.78 is 39.6. The first kappa shape index (κ1) is 13.0. The van der Waals surface area contributed by atoms with Gasteiger partial charge >= 0.3 is 0 Å². The van der Waals surface area contributed by atoms with Crippen molar-refractivity contribution in [3.05, 3.63) is 52.9 Å². The van der Waals surface area contributed by atoms with E-state index in [0.717, 1.165) is 6.07 Å². The van der Waals surface area contributed by atoms with Gasteiger partial charge in [-0.15, -0.1) is 0 Å². The second kappa shape index (κ2) is 5.03. The number of benzene rings is 1. The van der Waals surface area contributed by atoms with Crippen LogP contribution in [0.25, 0.3) is 0 Å². The summed E-state index contributed by atoms with van der Waals surface area (Å²) >= 11 is 3.15. The summed E-state index contributed by atoms with van der Waals surface area (Å²) in [6, 6.07) is 10.2. The molecule has 1 aromatic heterocycles. The molecule has 0 saturated carbocycles. The zero-order valence-corrected chi connectivity index (χ0v) is 11.4. The third kappa shape index (κ3) is 2.85. The Balaban J connectivity index is 2.37. The fourth-order valence-electron chi connectivity index (χ4n) is 1.32. The van der Waals surface area contributed by atoms with E-state index in [4.69, 9.17) is 0 Å². The summed E-state index contributed by atoms with van der Waals surface area (Å²) in [7, 11) is -3.79. The Morgan fingerprint density at radius 2 is 1.83 bits per heavy atom. The van der Waals surface area contributed by atoms with Crippen LogP contribution in [0.2, 0.25) is 0 Å². The molecule has 7 heteroatoms. The number of rotatable bonds is 3. The van der Waals surface area contributed by atoms with Gasteiger partial charge in [0.05, 0.1) is 0 Å². The zero-order valence-electron chi connectivity index (χ0n) is 8.97. The number of nitrogens with one attached hydrogen (secondary N) is 1. The SMILES string of the molecule is O=S(=O)(Nc1cccc(F)n1)c1ccccc1Br. The Kier molecular flexibility index (Phi) is 3.63. The van der Waals surface area contributed by atoms with Gasteiger partial charge in [-0.3, -0.25) is 4.72 Å². The highest BCUT2D eigenvalue weighted by molar-refractivity contribution is 9.10. The van der Waals surface area contributed by atoms with Crippen molar-refractivity contribution in [2.75, 3.05) is 4.72 Å². The van der Waals surface area contributed by atoms with Gasteiger partial charge < -0.3 is 0 Å². The summed E-state index contributed by atoms with van der Waals surface area (Å²) in [4.78, 5) is 3.51. The molecule has 0 saturated heterocycles. The molecule has 0 bridgehead atoms. The third-order valence-corrected chi connectivity index (χ3v) is 4.45. The smallest absolute Gasteiger partial charge is 0.263 e. The minimum Gasteiger partial charge on any atom is -0.263 e. The van der Waals surface area contributed by atoms with E-state index in [0.29, 0.717) is 4.47 Å². The van der Waals surface area contributed by atoms with E-state index in [-0.39, 0.29) is 10.7 Å². The van der Waals surface area contributed by atoms with Crippen molar-refractivity contribution < 1.29 is 12.8 Å². The fraction of sp³-hybridized carbons (Fsp3) is 0. The van der Waals surface area contributed by atoms with Crippen LogP contribution in [0.5, 0.6) is 0 Å². The molecule has 4 nitrogen and oxygen atoms in total. The van der Waals surface area contributed by atoms with Gasteiger partial charge in [0.25, 0.3) is 10.0 Å². The summed E-state index contributed by atoms with van der Waals surface area (Å²) in [5, 5.41) is 0. The van der Waals surface area contributed by atoms with E-state index in [1.54, 1.807) is 18.2 Å². The highest BCUT2D eigenvalue weighted by atomic mass is 79.9. The topological polar surface area (TPSA) is 59.1 Å². The van der Waals surface area contributed by atoms with Gasteiger partial charge in [-0.2, -0.15) is 4.39 Å². The van der Waals surface area contributed by atoms with Crippen molar-refractivity contribution in [3.63, 3.8) is 0 Å². The van der Waals surface area contributed by atoms with Gasteiger partial charge in [-0.05, 0) is 40.2 Å². The fourth-order valence-corrected chi connectivity index (χ4v) is 3.33. The molecule has 0 aliphatic carbocycles. The van der Waals surface area contributed by atoms with Gasteiger partial charge in [0.15, 0.2) is 0 Å². The van der Waals surface area contributed by atoms with Crippen LogP contribution in [-0.4, -0.2) is 13.4 Å². The lowest BCUT2D eigenvalue weighted by atomic mass is 10.4. The van der Waals surface area contributed by atoms with Crippen LogP contribution in [0.15, 0.2) is 51.8 Å². The molecule has 1 heterocycles. The largest absolute Gasteiger partial charge is 0.264 e. The van der Waals surface area contributed by atoms with Crippen molar-refractivity contribution in [2.24, 2.45) is 0 Å². The maximum Gasteiger partial charge on any atom is 0.264 e. The predicted molar refractivity (Wildman–Crippen MR) is 69.1 cm³/mol. The van der Waals surface area contributed by atoms with Crippen LogP contribution in [-0.2, 0) is 10.0 Å². The molecule has 0 amide bonds. The molecule has 0 aliphatic heterocycles. The van der Waals surface area contributed by atoms with E-state index >= 15 is 0 Å². The van der Waals surface area contributed by atoms with Crippen LogP contribution < -0.4 is 4.72 Å². The normalized spacial score (nSPS) is 11.2. The van der Waals surface area contributed by atoms with Gasteiger partial charge in [-0.25, -0.2) is 13.4 Å². The molecule has 0 aliphatic rings. The Morgan fingerprint density at radius 3 is 2.50 bits per heavy atom. The van der Waals surface area contributed by atoms with Crippen LogP contribution >= 0.6 is 15.9 Å². The number of nitrogens with zero attached hydrogens (tertiary/aromatic N) is 1. The lowest BCUT2D eigenvalue weighted by Crippen LogP contribution is -2.14. The van der Waals surface area contributed by atoms with Gasteiger partial charge in [0.1, 0.15) is 10.7 Å². The Labute approximate surface area is 112 Å². The minimum absolute atomic E-state index is 0.0641. The molecule has 1 aromatic carbocycles. The van der Waals surface area contributed by atoms with Gasteiger partial charge in [0.2, 0.25) is 5.95 Å². The standard InChI is InChI=1S/C11H8BrFN2O2S/c12-8-4-1-2-5-9(8)18(16,17)15-11-7-3-6-10(13)14-11/h1-7H,(H,14,15). The highest BCUT2D eigenvalue weighted by Gasteiger charge is 2.17. The Hall–Kier alpha value is -1.47. The number of halogens is 2. The number of hydrogen-bond donors (Lipinski definition) is 1. The number of sulfonamides is 1. The van der Waals surface area contributed by atoms with Crippen LogP contribution in [0.1, 0.15) is 0 Å². The molecule has 0 atom stereocenters. The average Bonchev–Trinajstić information content (AvgIpc) is 2.28. The Morgan fingerprint density at radius 1 is 1.11 bits per heavy atom. The molecular formula is C11H8BrFN2O2S. The third-order valence-electron chi connectivity index (χ3n) is 2.08. The van der Waals surface area contributed by atoms with Crippen LogP contribution in [0, 0.1) is 5.95 Å². The summed E-state index contributed by atoms with van der Waals surface area (Å²) in [5.41, 5.74) is 0. The number of aromatic nitrogens is 1. The van der Waals surface area contributed by atoms with E-state index in [2.05, 4.69) is 25.6 Å². The zero-order chi connectivity index (χ0) is 13.2. The molecule has 0 spiro atoms. The van der Waals surface area contributed by atoms with Crippen molar-refractivity contribution >= 4 is 31.8 Å². The molecule has 0 radical (unpaired) electrons. The summed E-state index contributed by atoms with van der Waals surface area (Å²) in [6.45, 7) is 0. The maximum atomic E-state index is 12.9. The number of anilines is 1.